The van der Waals surface area contributed by atoms with Crippen LogP contribution in [0.25, 0.3) is 6.08 Å². The number of sulfone groups is 1. The molecule has 1 fully saturated rings. The summed E-state index contributed by atoms with van der Waals surface area (Å²) in [5.41, 5.74) is 1.72. The van der Waals surface area contributed by atoms with Gasteiger partial charge in [-0.3, -0.25) is 4.79 Å². The van der Waals surface area contributed by atoms with Crippen molar-refractivity contribution in [2.45, 2.75) is 12.5 Å². The average Bonchev–Trinajstić information content (AvgIpc) is 2.83. The van der Waals surface area contributed by atoms with E-state index >= 15 is 0 Å². The van der Waals surface area contributed by atoms with Crippen molar-refractivity contribution in [2.75, 3.05) is 30.5 Å². The van der Waals surface area contributed by atoms with Gasteiger partial charge in [-0.1, -0.05) is 12.1 Å². The molecule has 1 saturated heterocycles. The van der Waals surface area contributed by atoms with Gasteiger partial charge in [0, 0.05) is 25.8 Å². The Balaban J connectivity index is 2.09. The maximum atomic E-state index is 12.1. The molecule has 1 aliphatic rings. The Morgan fingerprint density at radius 3 is 2.48 bits per heavy atom. The van der Waals surface area contributed by atoms with Gasteiger partial charge in [0.2, 0.25) is 0 Å². The van der Waals surface area contributed by atoms with Crippen LogP contribution in [-0.4, -0.2) is 46.0 Å². The molecule has 1 N–H and O–H groups in total. The van der Waals surface area contributed by atoms with E-state index in [2.05, 4.69) is 5.32 Å². The first-order chi connectivity index (χ1) is 10.8. The van der Waals surface area contributed by atoms with Crippen molar-refractivity contribution in [1.82, 2.24) is 5.32 Å². The van der Waals surface area contributed by atoms with Crippen molar-refractivity contribution >= 4 is 27.5 Å². The molecule has 2 rings (SSSR count). The number of hydrogen-bond donors (Lipinski definition) is 1. The van der Waals surface area contributed by atoms with Crippen LogP contribution in [0.2, 0.25) is 0 Å². The highest BCUT2D eigenvalue weighted by Crippen LogP contribution is 2.16. The van der Waals surface area contributed by atoms with E-state index in [1.807, 2.05) is 49.3 Å². The average molecular weight is 333 g/mol. The van der Waals surface area contributed by atoms with Crippen LogP contribution in [0.4, 0.5) is 5.69 Å². The standard InChI is InChI=1S/C16H19N3O3S/c1-19(2)15-5-3-12(4-6-15)9-13(10-17)16(20)18-14-7-8-23(21,22)11-14/h3-6,9,14H,7-8,11H2,1-2H3,(H,18,20)/b13-9+. The van der Waals surface area contributed by atoms with E-state index in [0.29, 0.717) is 6.42 Å². The minimum absolute atomic E-state index is 0.0353. The molecule has 1 aliphatic heterocycles. The largest absolute Gasteiger partial charge is 0.378 e. The fourth-order valence-corrected chi connectivity index (χ4v) is 4.03. The minimum Gasteiger partial charge on any atom is -0.378 e. The highest BCUT2D eigenvalue weighted by atomic mass is 32.2. The molecule has 0 saturated carbocycles. The second-order valence-corrected chi connectivity index (χ2v) is 7.96. The number of benzene rings is 1. The van der Waals surface area contributed by atoms with E-state index in [4.69, 9.17) is 0 Å². The Bertz CT molecular complexity index is 759. The molecular formula is C16H19N3O3S. The highest BCUT2D eigenvalue weighted by molar-refractivity contribution is 7.91. The van der Waals surface area contributed by atoms with E-state index in [0.717, 1.165) is 11.3 Å². The molecule has 7 heteroatoms. The zero-order chi connectivity index (χ0) is 17.0. The summed E-state index contributed by atoms with van der Waals surface area (Å²) in [5, 5.41) is 11.8. The molecule has 0 aliphatic carbocycles. The van der Waals surface area contributed by atoms with Crippen LogP contribution in [0.1, 0.15) is 12.0 Å². The number of amides is 1. The Labute approximate surface area is 136 Å². The second-order valence-electron chi connectivity index (χ2n) is 5.73. The van der Waals surface area contributed by atoms with Gasteiger partial charge < -0.3 is 10.2 Å². The monoisotopic (exact) mass is 333 g/mol. The quantitative estimate of drug-likeness (QED) is 0.655. The van der Waals surface area contributed by atoms with E-state index < -0.39 is 21.8 Å². The molecule has 0 bridgehead atoms. The maximum absolute atomic E-state index is 12.1. The summed E-state index contributed by atoms with van der Waals surface area (Å²) in [5.74, 6) is -0.517. The molecule has 1 amide bonds. The van der Waals surface area contributed by atoms with Crippen LogP contribution in [0.3, 0.4) is 0 Å². The fourth-order valence-electron chi connectivity index (χ4n) is 2.36. The number of carbonyl (C=O) groups is 1. The molecule has 1 unspecified atom stereocenters. The summed E-state index contributed by atoms with van der Waals surface area (Å²) in [6, 6.07) is 8.88. The number of anilines is 1. The van der Waals surface area contributed by atoms with Gasteiger partial charge in [-0.05, 0) is 30.2 Å². The third kappa shape index (κ3) is 4.57. The van der Waals surface area contributed by atoms with Crippen LogP contribution >= 0.6 is 0 Å². The van der Waals surface area contributed by atoms with Crippen molar-refractivity contribution < 1.29 is 13.2 Å². The van der Waals surface area contributed by atoms with Gasteiger partial charge in [0.25, 0.3) is 5.91 Å². The van der Waals surface area contributed by atoms with Crippen molar-refractivity contribution in [3.8, 4) is 6.07 Å². The Morgan fingerprint density at radius 1 is 1.35 bits per heavy atom. The molecule has 0 spiro atoms. The number of carbonyl (C=O) groups excluding carboxylic acids is 1. The van der Waals surface area contributed by atoms with Gasteiger partial charge in [-0.25, -0.2) is 8.42 Å². The summed E-state index contributed by atoms with van der Waals surface area (Å²) >= 11 is 0. The van der Waals surface area contributed by atoms with E-state index in [-0.39, 0.29) is 17.1 Å². The second kappa shape index (κ2) is 6.84. The fraction of sp³-hybridized carbons (Fsp3) is 0.375. The van der Waals surface area contributed by atoms with Crippen molar-refractivity contribution in [1.29, 1.82) is 5.26 Å². The number of hydrogen-bond acceptors (Lipinski definition) is 5. The summed E-state index contributed by atoms with van der Waals surface area (Å²) in [6.07, 6.45) is 1.89. The van der Waals surface area contributed by atoms with Crippen LogP contribution in [0.15, 0.2) is 29.8 Å². The number of nitrogens with one attached hydrogen (secondary N) is 1. The van der Waals surface area contributed by atoms with Gasteiger partial charge in [-0.2, -0.15) is 5.26 Å². The summed E-state index contributed by atoms with van der Waals surface area (Å²) in [4.78, 5) is 14.1. The summed E-state index contributed by atoms with van der Waals surface area (Å²) in [6.45, 7) is 0. The third-order valence-corrected chi connectivity index (χ3v) is 5.42. The number of nitrogens with zero attached hydrogens (tertiary/aromatic N) is 2. The van der Waals surface area contributed by atoms with Gasteiger partial charge >= 0.3 is 0 Å². The predicted molar refractivity (Wildman–Crippen MR) is 89.6 cm³/mol. The first-order valence-corrected chi connectivity index (χ1v) is 9.03. The highest BCUT2D eigenvalue weighted by Gasteiger charge is 2.29. The van der Waals surface area contributed by atoms with Gasteiger partial charge in [0.15, 0.2) is 9.84 Å². The lowest BCUT2D eigenvalue weighted by molar-refractivity contribution is -0.117. The van der Waals surface area contributed by atoms with E-state index in [1.165, 1.54) is 6.08 Å². The molecule has 23 heavy (non-hydrogen) atoms. The first kappa shape index (κ1) is 17.0. The lowest BCUT2D eigenvalue weighted by atomic mass is 10.1. The zero-order valence-electron chi connectivity index (χ0n) is 13.1. The third-order valence-electron chi connectivity index (χ3n) is 3.65. The van der Waals surface area contributed by atoms with Crippen LogP contribution in [-0.2, 0) is 14.6 Å². The van der Waals surface area contributed by atoms with Crippen molar-refractivity contribution in [2.24, 2.45) is 0 Å². The molecule has 0 radical (unpaired) electrons. The predicted octanol–water partition coefficient (Wildman–Crippen LogP) is 0.963. The SMILES string of the molecule is CN(C)c1ccc(/C=C(\C#N)C(=O)NC2CCS(=O)(=O)C2)cc1. The molecule has 6 nitrogen and oxygen atoms in total. The first-order valence-electron chi connectivity index (χ1n) is 7.21. The number of rotatable bonds is 4. The van der Waals surface area contributed by atoms with Crippen LogP contribution in [0.5, 0.6) is 0 Å². The molecule has 0 aromatic heterocycles. The van der Waals surface area contributed by atoms with Crippen LogP contribution < -0.4 is 10.2 Å². The van der Waals surface area contributed by atoms with Crippen molar-refractivity contribution in [3.63, 3.8) is 0 Å². The van der Waals surface area contributed by atoms with Crippen LogP contribution in [0, 0.1) is 11.3 Å². The minimum atomic E-state index is -3.07. The Morgan fingerprint density at radius 2 is 2.00 bits per heavy atom. The van der Waals surface area contributed by atoms with Gasteiger partial charge in [-0.15, -0.1) is 0 Å². The summed E-state index contributed by atoms with van der Waals surface area (Å²) in [7, 11) is 0.783. The lowest BCUT2D eigenvalue weighted by Crippen LogP contribution is -2.36. The molecule has 1 aromatic carbocycles. The zero-order valence-corrected chi connectivity index (χ0v) is 13.9. The Hall–Kier alpha value is -2.33. The van der Waals surface area contributed by atoms with Crippen molar-refractivity contribution in [3.05, 3.63) is 35.4 Å². The Kier molecular flexibility index (Phi) is 5.06. The molecule has 1 aromatic rings. The summed E-state index contributed by atoms with van der Waals surface area (Å²) < 4.78 is 22.8. The molecule has 122 valence electrons. The maximum Gasteiger partial charge on any atom is 0.262 e. The molecule has 1 atom stereocenters. The molecule has 1 heterocycles. The smallest absolute Gasteiger partial charge is 0.262 e. The van der Waals surface area contributed by atoms with E-state index in [1.54, 1.807) is 0 Å². The van der Waals surface area contributed by atoms with Gasteiger partial charge in [0.05, 0.1) is 11.5 Å². The lowest BCUT2D eigenvalue weighted by Gasteiger charge is -2.12. The van der Waals surface area contributed by atoms with Gasteiger partial charge in [0.1, 0.15) is 11.6 Å². The normalized spacial score (nSPS) is 19.9. The topological polar surface area (TPSA) is 90.3 Å². The number of nitriles is 1. The molecular weight excluding hydrogens is 314 g/mol. The van der Waals surface area contributed by atoms with E-state index in [9.17, 15) is 18.5 Å².